The van der Waals surface area contributed by atoms with Crippen LogP contribution in [0.3, 0.4) is 0 Å². The van der Waals surface area contributed by atoms with Crippen LogP contribution in [0.25, 0.3) is 5.65 Å². The quantitative estimate of drug-likeness (QED) is 0.758. The first-order chi connectivity index (χ1) is 11.7. The van der Waals surface area contributed by atoms with Gasteiger partial charge in [-0.1, -0.05) is 36.4 Å². The van der Waals surface area contributed by atoms with Crippen molar-refractivity contribution in [2.24, 2.45) is 0 Å². The highest BCUT2D eigenvalue weighted by molar-refractivity contribution is 5.78. The van der Waals surface area contributed by atoms with Gasteiger partial charge in [0.2, 0.25) is 5.91 Å². The first-order valence-corrected chi connectivity index (χ1v) is 8.03. The van der Waals surface area contributed by atoms with Crippen molar-refractivity contribution in [3.63, 3.8) is 0 Å². The summed E-state index contributed by atoms with van der Waals surface area (Å²) < 4.78 is 1.91. The van der Waals surface area contributed by atoms with Gasteiger partial charge in [-0.3, -0.25) is 4.79 Å². The van der Waals surface area contributed by atoms with E-state index in [4.69, 9.17) is 0 Å². The number of pyridine rings is 1. The number of benzene rings is 1. The lowest BCUT2D eigenvalue weighted by molar-refractivity contribution is -0.131. The number of carbonyl (C=O) groups is 1. The lowest BCUT2D eigenvalue weighted by Crippen LogP contribution is -2.33. The molecule has 0 fully saturated rings. The zero-order valence-corrected chi connectivity index (χ0v) is 13.7. The molecule has 1 amide bonds. The van der Waals surface area contributed by atoms with Gasteiger partial charge in [-0.05, 0) is 24.1 Å². The van der Waals surface area contributed by atoms with E-state index >= 15 is 0 Å². The van der Waals surface area contributed by atoms with Crippen molar-refractivity contribution in [1.82, 2.24) is 14.3 Å². The first kappa shape index (κ1) is 16.2. The topological polar surface area (TPSA) is 57.8 Å². The fourth-order valence-electron chi connectivity index (χ4n) is 2.91. The molecule has 0 bridgehead atoms. The van der Waals surface area contributed by atoms with E-state index in [2.05, 4.69) is 4.98 Å². The van der Waals surface area contributed by atoms with Gasteiger partial charge < -0.3 is 14.4 Å². The second kappa shape index (κ2) is 7.27. The molecule has 1 aromatic carbocycles. The minimum absolute atomic E-state index is 0.0132. The first-order valence-electron chi connectivity index (χ1n) is 8.03. The van der Waals surface area contributed by atoms with E-state index in [0.29, 0.717) is 6.42 Å². The molecule has 0 aliphatic carbocycles. The summed E-state index contributed by atoms with van der Waals surface area (Å²) in [5, 5.41) is 9.36. The number of amides is 1. The van der Waals surface area contributed by atoms with E-state index in [1.54, 1.807) is 11.9 Å². The van der Waals surface area contributed by atoms with Gasteiger partial charge in [0.25, 0.3) is 0 Å². The summed E-state index contributed by atoms with van der Waals surface area (Å²) >= 11 is 0. The summed E-state index contributed by atoms with van der Waals surface area (Å²) in [6, 6.07) is 15.4. The van der Waals surface area contributed by atoms with Gasteiger partial charge in [0.05, 0.1) is 18.2 Å². The second-order valence-corrected chi connectivity index (χ2v) is 5.82. The highest BCUT2D eigenvalue weighted by Gasteiger charge is 2.22. The highest BCUT2D eigenvalue weighted by Crippen LogP contribution is 2.23. The van der Waals surface area contributed by atoms with Crippen molar-refractivity contribution in [3.8, 4) is 0 Å². The van der Waals surface area contributed by atoms with Crippen molar-refractivity contribution in [2.45, 2.75) is 18.9 Å². The summed E-state index contributed by atoms with van der Waals surface area (Å²) in [6.07, 6.45) is 4.55. The van der Waals surface area contributed by atoms with E-state index in [9.17, 15) is 9.90 Å². The van der Waals surface area contributed by atoms with E-state index in [1.807, 2.05) is 65.3 Å². The Hall–Kier alpha value is -2.66. The van der Waals surface area contributed by atoms with E-state index < -0.39 is 0 Å². The van der Waals surface area contributed by atoms with Crippen molar-refractivity contribution >= 4 is 11.6 Å². The zero-order chi connectivity index (χ0) is 16.9. The molecular formula is C19H21N3O2. The number of carbonyl (C=O) groups excluding carboxylic acids is 1. The van der Waals surface area contributed by atoms with Crippen LogP contribution in [-0.4, -0.2) is 39.0 Å². The van der Waals surface area contributed by atoms with Crippen LogP contribution in [0.1, 0.15) is 23.7 Å². The number of aliphatic hydroxyl groups is 1. The van der Waals surface area contributed by atoms with Crippen molar-refractivity contribution in [1.29, 1.82) is 0 Å². The third kappa shape index (κ3) is 3.46. The molecule has 0 saturated carbocycles. The molecular weight excluding hydrogens is 302 g/mol. The predicted octanol–water partition coefficient (Wildman–Crippen LogP) is 2.46. The van der Waals surface area contributed by atoms with E-state index in [-0.39, 0.29) is 25.0 Å². The van der Waals surface area contributed by atoms with Gasteiger partial charge in [-0.15, -0.1) is 0 Å². The van der Waals surface area contributed by atoms with Gasteiger partial charge in [0.15, 0.2) is 0 Å². The molecule has 1 unspecified atom stereocenters. The molecule has 5 nitrogen and oxygen atoms in total. The molecule has 0 aliphatic heterocycles. The summed E-state index contributed by atoms with van der Waals surface area (Å²) in [4.78, 5) is 18.9. The van der Waals surface area contributed by atoms with Crippen LogP contribution in [0.4, 0.5) is 0 Å². The summed E-state index contributed by atoms with van der Waals surface area (Å²) in [5.41, 5.74) is 2.60. The lowest BCUT2D eigenvalue weighted by atomic mass is 10.0. The molecule has 0 saturated heterocycles. The van der Waals surface area contributed by atoms with Crippen molar-refractivity contribution in [3.05, 3.63) is 72.2 Å². The molecule has 0 radical (unpaired) electrons. The van der Waals surface area contributed by atoms with Crippen LogP contribution < -0.4 is 0 Å². The fraction of sp³-hybridized carbons (Fsp3) is 0.263. The molecule has 2 aromatic heterocycles. The Labute approximate surface area is 141 Å². The molecule has 2 heterocycles. The van der Waals surface area contributed by atoms with E-state index in [1.165, 1.54) is 0 Å². The molecule has 0 aliphatic rings. The molecule has 3 aromatic rings. The average molecular weight is 323 g/mol. The second-order valence-electron chi connectivity index (χ2n) is 5.82. The molecule has 124 valence electrons. The van der Waals surface area contributed by atoms with Gasteiger partial charge in [0, 0.05) is 26.0 Å². The molecule has 5 heteroatoms. The fourth-order valence-corrected chi connectivity index (χ4v) is 2.91. The van der Waals surface area contributed by atoms with Crippen LogP contribution in [-0.2, 0) is 11.2 Å². The maximum atomic E-state index is 12.7. The number of rotatable bonds is 6. The van der Waals surface area contributed by atoms with Gasteiger partial charge in [0.1, 0.15) is 5.65 Å². The van der Waals surface area contributed by atoms with Crippen LogP contribution in [0.2, 0.25) is 0 Å². The summed E-state index contributed by atoms with van der Waals surface area (Å²) in [6.45, 7) is 0.0333. The SMILES string of the molecule is CN(C(=O)Cc1cn2ccccc2n1)C(CCO)c1ccccc1. The lowest BCUT2D eigenvalue weighted by Gasteiger charge is -2.28. The molecule has 24 heavy (non-hydrogen) atoms. The zero-order valence-electron chi connectivity index (χ0n) is 13.7. The smallest absolute Gasteiger partial charge is 0.228 e. The Balaban J connectivity index is 1.76. The third-order valence-electron chi connectivity index (χ3n) is 4.19. The number of fused-ring (bicyclic) bond motifs is 1. The van der Waals surface area contributed by atoms with Crippen molar-refractivity contribution < 1.29 is 9.90 Å². The maximum Gasteiger partial charge on any atom is 0.228 e. The minimum atomic E-state index is -0.138. The highest BCUT2D eigenvalue weighted by atomic mass is 16.3. The van der Waals surface area contributed by atoms with Crippen LogP contribution in [0, 0.1) is 0 Å². The standard InChI is InChI=1S/C19H21N3O2/c1-21(17(10-12-23)15-7-3-2-4-8-15)19(24)13-16-14-22-11-6-5-9-18(22)20-16/h2-9,11,14,17,23H,10,12-13H2,1H3. The Bertz CT molecular complexity index is 781. The van der Waals surface area contributed by atoms with E-state index in [0.717, 1.165) is 16.9 Å². The van der Waals surface area contributed by atoms with Crippen LogP contribution >= 0.6 is 0 Å². The number of likely N-dealkylation sites (N-methyl/N-ethyl adjacent to an activating group) is 1. The number of aliphatic hydroxyl groups excluding tert-OH is 1. The molecule has 0 spiro atoms. The Kier molecular flexibility index (Phi) is 4.91. The number of aromatic nitrogens is 2. The Morgan fingerprint density at radius 1 is 1.21 bits per heavy atom. The number of hydrogen-bond donors (Lipinski definition) is 1. The molecule has 1 N–H and O–H groups in total. The largest absolute Gasteiger partial charge is 0.396 e. The van der Waals surface area contributed by atoms with Gasteiger partial charge >= 0.3 is 0 Å². The number of imidazole rings is 1. The van der Waals surface area contributed by atoms with Gasteiger partial charge in [-0.25, -0.2) is 4.98 Å². The number of hydrogen-bond acceptors (Lipinski definition) is 3. The molecule has 1 atom stereocenters. The third-order valence-corrected chi connectivity index (χ3v) is 4.19. The van der Waals surface area contributed by atoms with Crippen molar-refractivity contribution in [2.75, 3.05) is 13.7 Å². The maximum absolute atomic E-state index is 12.7. The summed E-state index contributed by atoms with van der Waals surface area (Å²) in [5.74, 6) is -0.0132. The average Bonchev–Trinajstić information content (AvgIpc) is 3.02. The number of nitrogens with zero attached hydrogens (tertiary/aromatic N) is 3. The molecule has 3 rings (SSSR count). The Morgan fingerprint density at radius 3 is 2.67 bits per heavy atom. The monoisotopic (exact) mass is 323 g/mol. The van der Waals surface area contributed by atoms with Crippen LogP contribution in [0.5, 0.6) is 0 Å². The Morgan fingerprint density at radius 2 is 1.96 bits per heavy atom. The normalized spacial score (nSPS) is 12.2. The minimum Gasteiger partial charge on any atom is -0.396 e. The summed E-state index contributed by atoms with van der Waals surface area (Å²) in [7, 11) is 1.78. The van der Waals surface area contributed by atoms with Gasteiger partial charge in [-0.2, -0.15) is 0 Å². The predicted molar refractivity (Wildman–Crippen MR) is 92.6 cm³/mol. The van der Waals surface area contributed by atoms with Crippen LogP contribution in [0.15, 0.2) is 60.9 Å².